The smallest absolute Gasteiger partial charge is 0.262 e. The average Bonchev–Trinajstić information content (AvgIpc) is 2.57. The molecule has 0 saturated carbocycles. The number of aldehydes is 1. The number of anilines is 1. The van der Waals surface area contributed by atoms with Gasteiger partial charge in [0.1, 0.15) is 16.7 Å². The first-order valence-electron chi connectivity index (χ1n) is 7.48. The number of hydrogen-bond donors (Lipinski definition) is 3. The number of rotatable bonds is 5. The molecule has 6 nitrogen and oxygen atoms in total. The molecule has 0 spiro atoms. The van der Waals surface area contributed by atoms with Gasteiger partial charge in [0, 0.05) is 18.2 Å². The monoisotopic (exact) mass is 357 g/mol. The van der Waals surface area contributed by atoms with E-state index in [0.717, 1.165) is 12.6 Å². The van der Waals surface area contributed by atoms with Crippen molar-refractivity contribution in [2.24, 2.45) is 0 Å². The van der Waals surface area contributed by atoms with Crippen molar-refractivity contribution in [3.63, 3.8) is 0 Å². The highest BCUT2D eigenvalue weighted by atomic mass is 35.5. The Morgan fingerprint density at radius 2 is 2.08 bits per heavy atom. The Morgan fingerprint density at radius 1 is 1.42 bits per heavy atom. The molecule has 0 saturated heterocycles. The maximum atomic E-state index is 14.0. The zero-order valence-electron chi connectivity index (χ0n) is 13.8. The summed E-state index contributed by atoms with van der Waals surface area (Å²) in [7, 11) is 1.93. The summed E-state index contributed by atoms with van der Waals surface area (Å²) in [4.78, 5) is 22.4. The highest BCUT2D eigenvalue weighted by molar-refractivity contribution is 6.36. The molecule has 0 atom stereocenters. The van der Waals surface area contributed by atoms with Gasteiger partial charge in [0.15, 0.2) is 12.9 Å². The molecular weight excluding hydrogens is 337 g/mol. The topological polar surface area (TPSA) is 79.5 Å². The molecule has 0 aliphatic carbocycles. The van der Waals surface area contributed by atoms with E-state index in [1.807, 2.05) is 7.05 Å². The minimum absolute atomic E-state index is 0.00417. The third kappa shape index (κ3) is 5.21. The van der Waals surface area contributed by atoms with Crippen LogP contribution in [0, 0.1) is 5.82 Å². The predicted molar refractivity (Wildman–Crippen MR) is 92.6 cm³/mol. The zero-order valence-corrected chi connectivity index (χ0v) is 14.6. The Hall–Kier alpha value is -2.12. The van der Waals surface area contributed by atoms with Crippen LogP contribution in [0.2, 0.25) is 0 Å². The molecule has 24 heavy (non-hydrogen) atoms. The lowest BCUT2D eigenvalue weighted by Gasteiger charge is -2.19. The van der Waals surface area contributed by atoms with Crippen molar-refractivity contribution >= 4 is 35.1 Å². The first-order chi connectivity index (χ1) is 11.5. The molecule has 0 bridgehead atoms. The number of halogens is 2. The quantitative estimate of drug-likeness (QED) is 0.427. The molecule has 0 radical (unpaired) electrons. The van der Waals surface area contributed by atoms with E-state index >= 15 is 0 Å². The fraction of sp³-hybridized carbons (Fsp3) is 0.375. The number of amides is 1. The summed E-state index contributed by atoms with van der Waals surface area (Å²) >= 11 is 5.92. The molecule has 1 heterocycles. The van der Waals surface area contributed by atoms with Gasteiger partial charge in [-0.15, -0.1) is 0 Å². The van der Waals surface area contributed by atoms with E-state index in [1.165, 1.54) is 6.07 Å². The molecule has 0 aromatic heterocycles. The van der Waals surface area contributed by atoms with E-state index in [4.69, 9.17) is 16.3 Å². The Bertz CT molecular complexity index is 633. The van der Waals surface area contributed by atoms with Crippen molar-refractivity contribution < 1.29 is 18.7 Å². The third-order valence-electron chi connectivity index (χ3n) is 3.03. The van der Waals surface area contributed by atoms with Crippen molar-refractivity contribution in [1.82, 2.24) is 10.6 Å². The second kappa shape index (κ2) is 9.89. The number of fused-ring (bicyclic) bond motifs is 1. The second-order valence-electron chi connectivity index (χ2n) is 4.75. The molecule has 1 amide bonds. The van der Waals surface area contributed by atoms with Crippen LogP contribution in [0.3, 0.4) is 0 Å². The summed E-state index contributed by atoms with van der Waals surface area (Å²) in [5.74, 6) is -0.779. The lowest BCUT2D eigenvalue weighted by Crippen LogP contribution is -2.25. The van der Waals surface area contributed by atoms with E-state index in [-0.39, 0.29) is 34.6 Å². The molecule has 3 N–H and O–H groups in total. The van der Waals surface area contributed by atoms with E-state index in [2.05, 4.69) is 22.9 Å². The van der Waals surface area contributed by atoms with Crippen molar-refractivity contribution in [1.29, 1.82) is 0 Å². The molecule has 1 aromatic rings. The second-order valence-corrected chi connectivity index (χ2v) is 5.13. The summed E-state index contributed by atoms with van der Waals surface area (Å²) in [5, 5.41) is 8.26. The van der Waals surface area contributed by atoms with Gasteiger partial charge in [0.05, 0.1) is 11.3 Å². The highest BCUT2D eigenvalue weighted by Gasteiger charge is 2.21. The maximum Gasteiger partial charge on any atom is 0.262 e. The van der Waals surface area contributed by atoms with Crippen LogP contribution in [0.5, 0.6) is 5.75 Å². The fourth-order valence-corrected chi connectivity index (χ4v) is 2.07. The Morgan fingerprint density at radius 3 is 2.62 bits per heavy atom. The summed E-state index contributed by atoms with van der Waals surface area (Å²) in [6.07, 6.45) is 0.460. The average molecular weight is 358 g/mol. The number of hydrogen-bond acceptors (Lipinski definition) is 5. The minimum atomic E-state index is -0.655. The van der Waals surface area contributed by atoms with Crippen LogP contribution in [0.4, 0.5) is 10.1 Å². The van der Waals surface area contributed by atoms with Gasteiger partial charge in [-0.1, -0.05) is 18.5 Å². The lowest BCUT2D eigenvalue weighted by atomic mass is 10.1. The van der Waals surface area contributed by atoms with E-state index < -0.39 is 5.82 Å². The normalized spacial score (nSPS) is 13.5. The molecule has 2 rings (SSSR count). The molecule has 1 aliphatic heterocycles. The molecule has 132 valence electrons. The lowest BCUT2D eigenvalue weighted by molar-refractivity contribution is -0.118. The molecule has 8 heteroatoms. The van der Waals surface area contributed by atoms with Crippen molar-refractivity contribution in [3.8, 4) is 5.75 Å². The van der Waals surface area contributed by atoms with Gasteiger partial charge in [0.2, 0.25) is 0 Å². The van der Waals surface area contributed by atoms with Crippen molar-refractivity contribution in [2.75, 3.05) is 32.1 Å². The predicted octanol–water partition coefficient (Wildman–Crippen LogP) is 2.10. The van der Waals surface area contributed by atoms with Crippen LogP contribution >= 0.6 is 11.6 Å². The largest absolute Gasteiger partial charge is 0.481 e. The number of carbonyl (C=O) groups excluding carboxylic acids is 2. The van der Waals surface area contributed by atoms with Gasteiger partial charge < -0.3 is 20.7 Å². The third-order valence-corrected chi connectivity index (χ3v) is 3.37. The van der Waals surface area contributed by atoms with Gasteiger partial charge in [-0.2, -0.15) is 0 Å². The molecular formula is C16H21ClFN3O3. The number of ether oxygens (including phenoxy) is 1. The molecule has 0 unspecified atom stereocenters. The van der Waals surface area contributed by atoms with E-state index in [0.29, 0.717) is 18.5 Å². The Kier molecular flexibility index (Phi) is 8.21. The minimum Gasteiger partial charge on any atom is -0.481 e. The number of benzene rings is 1. The van der Waals surface area contributed by atoms with Gasteiger partial charge in [-0.3, -0.25) is 9.59 Å². The molecule has 1 aliphatic rings. The Balaban J connectivity index is 0.000000648. The first-order valence-corrected chi connectivity index (χ1v) is 7.86. The first kappa shape index (κ1) is 19.9. The van der Waals surface area contributed by atoms with Gasteiger partial charge in [-0.25, -0.2) is 4.39 Å². The van der Waals surface area contributed by atoms with E-state index in [9.17, 15) is 14.0 Å². The van der Waals surface area contributed by atoms with Gasteiger partial charge in [-0.05, 0) is 26.6 Å². The highest BCUT2D eigenvalue weighted by Crippen LogP contribution is 2.33. The van der Waals surface area contributed by atoms with Crippen LogP contribution in [0.1, 0.15) is 19.4 Å². The summed E-state index contributed by atoms with van der Waals surface area (Å²) in [6.45, 7) is 5.25. The number of allylic oxidation sites excluding steroid dienone is 1. The van der Waals surface area contributed by atoms with Crippen LogP contribution in [-0.4, -0.2) is 38.9 Å². The van der Waals surface area contributed by atoms with Crippen LogP contribution in [0.15, 0.2) is 17.3 Å². The van der Waals surface area contributed by atoms with Crippen LogP contribution in [-0.2, 0) is 9.59 Å². The van der Waals surface area contributed by atoms with Crippen molar-refractivity contribution in [2.45, 2.75) is 13.8 Å². The van der Waals surface area contributed by atoms with Crippen molar-refractivity contribution in [3.05, 3.63) is 28.7 Å². The van der Waals surface area contributed by atoms with Gasteiger partial charge >= 0.3 is 0 Å². The summed E-state index contributed by atoms with van der Waals surface area (Å²) < 4.78 is 19.1. The van der Waals surface area contributed by atoms with E-state index in [1.54, 1.807) is 6.92 Å². The number of carbonyl (C=O) groups is 2. The number of nitrogens with one attached hydrogen (secondary N) is 3. The Labute approximate surface area is 145 Å². The van der Waals surface area contributed by atoms with Gasteiger partial charge in [0.25, 0.3) is 5.91 Å². The summed E-state index contributed by atoms with van der Waals surface area (Å²) in [5.41, 5.74) is 0.280. The standard InChI is InChI=1S/C13H12ClFN2O3.C3H9N/c1-2-16-13(14)8(5-18)7-3-10-11(4-9(7)15)20-6-12(19)17-10;1-3-4-2/h3-5,16H,2,6H2,1H3,(H,17,19);4H,3H2,1-2H3/b13-8+;. The summed E-state index contributed by atoms with van der Waals surface area (Å²) in [6, 6.07) is 2.44. The maximum absolute atomic E-state index is 14.0. The molecule has 0 fully saturated rings. The van der Waals surface area contributed by atoms with Crippen LogP contribution < -0.4 is 20.7 Å². The molecule has 1 aromatic carbocycles. The zero-order chi connectivity index (χ0) is 18.1. The van der Waals surface area contributed by atoms with Crippen LogP contribution in [0.25, 0.3) is 5.57 Å². The SMILES string of the molecule is CCN/C(Cl)=C(\C=O)c1cc2c(cc1F)OCC(=O)N2.CCNC. The fourth-order valence-electron chi connectivity index (χ4n) is 1.79.